The molecule has 1 aromatic carbocycles. The number of hydrogen-bond acceptors (Lipinski definition) is 4. The quantitative estimate of drug-likeness (QED) is 0.516. The zero-order chi connectivity index (χ0) is 14.0. The number of aryl methyl sites for hydroxylation is 1. The van der Waals surface area contributed by atoms with E-state index in [1.807, 2.05) is 0 Å². The van der Waals surface area contributed by atoms with E-state index >= 15 is 0 Å². The molecule has 1 aromatic heterocycles. The molecule has 6 heteroatoms. The molecule has 6 nitrogen and oxygen atoms in total. The minimum Gasteiger partial charge on any atom is -0.393 e. The second-order valence-electron chi connectivity index (χ2n) is 4.27. The fraction of sp³-hybridized carbons (Fsp3) is 0.154. The number of nitro groups is 1. The smallest absolute Gasteiger partial charge is 0.292 e. The molecule has 0 bridgehead atoms. The highest BCUT2D eigenvalue weighted by atomic mass is 16.6. The van der Waals surface area contributed by atoms with E-state index in [4.69, 9.17) is 5.73 Å². The molecular weight excluding hydrogens is 246 g/mol. The molecular formula is C13H13N3O3. The maximum atomic E-state index is 11.9. The van der Waals surface area contributed by atoms with Crippen LogP contribution in [-0.2, 0) is 6.54 Å². The van der Waals surface area contributed by atoms with Crippen LogP contribution in [0.1, 0.15) is 11.1 Å². The molecule has 0 aliphatic carbocycles. The van der Waals surface area contributed by atoms with Gasteiger partial charge in [0, 0.05) is 17.8 Å². The number of nitrogens with zero attached hydrogens (tertiary/aromatic N) is 2. The summed E-state index contributed by atoms with van der Waals surface area (Å²) in [5.41, 5.74) is 6.90. The van der Waals surface area contributed by atoms with Gasteiger partial charge in [-0.1, -0.05) is 12.1 Å². The molecule has 0 unspecified atom stereocenters. The van der Waals surface area contributed by atoms with Gasteiger partial charge in [-0.05, 0) is 24.6 Å². The minimum atomic E-state index is -0.530. The number of pyridine rings is 1. The highest BCUT2D eigenvalue weighted by Crippen LogP contribution is 2.22. The van der Waals surface area contributed by atoms with E-state index < -0.39 is 4.92 Å². The number of rotatable bonds is 3. The summed E-state index contributed by atoms with van der Waals surface area (Å²) < 4.78 is 1.54. The molecule has 0 aliphatic rings. The van der Waals surface area contributed by atoms with Crippen LogP contribution in [0.15, 0.2) is 41.3 Å². The van der Waals surface area contributed by atoms with Crippen LogP contribution < -0.4 is 11.3 Å². The van der Waals surface area contributed by atoms with Crippen LogP contribution in [0.5, 0.6) is 0 Å². The normalized spacial score (nSPS) is 10.4. The summed E-state index contributed by atoms with van der Waals surface area (Å²) in [6.45, 7) is 2.08. The highest BCUT2D eigenvalue weighted by Gasteiger charge is 2.11. The van der Waals surface area contributed by atoms with E-state index in [1.54, 1.807) is 31.3 Å². The number of nitro benzene ring substituents is 1. The Hall–Kier alpha value is -2.63. The molecule has 2 N–H and O–H groups in total. The Balaban J connectivity index is 2.34. The summed E-state index contributed by atoms with van der Waals surface area (Å²) in [6.07, 6.45) is 1.67. The molecule has 98 valence electrons. The predicted octanol–water partition coefficient (Wildman–Crippen LogP) is 1.70. The Morgan fingerprint density at radius 3 is 2.74 bits per heavy atom. The first-order valence-electron chi connectivity index (χ1n) is 5.68. The topological polar surface area (TPSA) is 91.2 Å². The van der Waals surface area contributed by atoms with Crippen LogP contribution >= 0.6 is 0 Å². The minimum absolute atomic E-state index is 0.0839. The molecule has 1 heterocycles. The van der Waals surface area contributed by atoms with Crippen LogP contribution in [-0.4, -0.2) is 9.49 Å². The lowest BCUT2D eigenvalue weighted by molar-refractivity contribution is -0.383. The van der Waals surface area contributed by atoms with Crippen molar-refractivity contribution in [3.05, 3.63) is 68.1 Å². The van der Waals surface area contributed by atoms with E-state index in [-0.39, 0.29) is 16.9 Å². The molecule has 0 atom stereocenters. The molecule has 0 saturated heterocycles. The zero-order valence-electron chi connectivity index (χ0n) is 10.4. The molecule has 0 aliphatic heterocycles. The number of hydrogen-bond donors (Lipinski definition) is 1. The number of nitrogen functional groups attached to an aromatic ring is 1. The lowest BCUT2D eigenvalue weighted by Crippen LogP contribution is -2.21. The monoisotopic (exact) mass is 259 g/mol. The SMILES string of the molecule is Cc1cccn(Cc2ccc([N+](=O)[O-])c(N)c2)c1=O. The van der Waals surface area contributed by atoms with Crippen molar-refractivity contribution in [1.29, 1.82) is 0 Å². The Morgan fingerprint density at radius 2 is 2.11 bits per heavy atom. The van der Waals surface area contributed by atoms with Gasteiger partial charge in [0.15, 0.2) is 0 Å². The average molecular weight is 259 g/mol. The van der Waals surface area contributed by atoms with Crippen LogP contribution in [0.2, 0.25) is 0 Å². The second kappa shape index (κ2) is 4.93. The zero-order valence-corrected chi connectivity index (χ0v) is 10.4. The summed E-state index contributed by atoms with van der Waals surface area (Å²) in [5.74, 6) is 0. The Labute approximate surface area is 109 Å². The largest absolute Gasteiger partial charge is 0.393 e. The van der Waals surface area contributed by atoms with E-state index in [2.05, 4.69) is 0 Å². The maximum Gasteiger partial charge on any atom is 0.292 e. The van der Waals surface area contributed by atoms with Gasteiger partial charge in [0.05, 0.1) is 11.5 Å². The van der Waals surface area contributed by atoms with E-state index in [9.17, 15) is 14.9 Å². The summed E-state index contributed by atoms with van der Waals surface area (Å²) in [7, 11) is 0. The summed E-state index contributed by atoms with van der Waals surface area (Å²) in [6, 6.07) is 8.00. The summed E-state index contributed by atoms with van der Waals surface area (Å²) >= 11 is 0. The summed E-state index contributed by atoms with van der Waals surface area (Å²) in [4.78, 5) is 22.0. The first-order valence-corrected chi connectivity index (χ1v) is 5.68. The number of aromatic nitrogens is 1. The van der Waals surface area contributed by atoms with Gasteiger partial charge in [-0.3, -0.25) is 14.9 Å². The standard InChI is InChI=1S/C13H13N3O3/c1-9-3-2-6-15(13(9)17)8-10-4-5-12(16(18)19)11(14)7-10/h2-7H,8,14H2,1H3. The van der Waals surface area contributed by atoms with Crippen molar-refractivity contribution in [2.45, 2.75) is 13.5 Å². The lowest BCUT2D eigenvalue weighted by atomic mass is 10.1. The van der Waals surface area contributed by atoms with Gasteiger partial charge in [0.25, 0.3) is 11.2 Å². The van der Waals surface area contributed by atoms with E-state index in [0.29, 0.717) is 12.1 Å². The highest BCUT2D eigenvalue weighted by molar-refractivity contribution is 5.59. The molecule has 2 aromatic rings. The molecule has 2 rings (SSSR count). The third-order valence-corrected chi connectivity index (χ3v) is 2.85. The number of anilines is 1. The Bertz CT molecular complexity index is 692. The molecule has 19 heavy (non-hydrogen) atoms. The van der Waals surface area contributed by atoms with Crippen molar-refractivity contribution >= 4 is 11.4 Å². The van der Waals surface area contributed by atoms with Crippen molar-refractivity contribution in [3.63, 3.8) is 0 Å². The molecule has 0 amide bonds. The molecule has 0 spiro atoms. The van der Waals surface area contributed by atoms with Gasteiger partial charge in [0.1, 0.15) is 5.69 Å². The third-order valence-electron chi connectivity index (χ3n) is 2.85. The van der Waals surface area contributed by atoms with Crippen LogP contribution in [0.3, 0.4) is 0 Å². The van der Waals surface area contributed by atoms with Gasteiger partial charge in [-0.15, -0.1) is 0 Å². The number of nitrogens with two attached hydrogens (primary N) is 1. The predicted molar refractivity (Wildman–Crippen MR) is 72.0 cm³/mol. The fourth-order valence-corrected chi connectivity index (χ4v) is 1.85. The van der Waals surface area contributed by atoms with Crippen molar-refractivity contribution in [2.75, 3.05) is 5.73 Å². The number of benzene rings is 1. The van der Waals surface area contributed by atoms with Crippen LogP contribution in [0.25, 0.3) is 0 Å². The van der Waals surface area contributed by atoms with Gasteiger partial charge in [0.2, 0.25) is 0 Å². The first-order chi connectivity index (χ1) is 8.99. The summed E-state index contributed by atoms with van der Waals surface area (Å²) in [5, 5.41) is 10.7. The molecule has 0 fully saturated rings. The van der Waals surface area contributed by atoms with Crippen molar-refractivity contribution in [3.8, 4) is 0 Å². The second-order valence-corrected chi connectivity index (χ2v) is 4.27. The lowest BCUT2D eigenvalue weighted by Gasteiger charge is -2.07. The van der Waals surface area contributed by atoms with Crippen molar-refractivity contribution in [1.82, 2.24) is 4.57 Å². The van der Waals surface area contributed by atoms with Crippen molar-refractivity contribution in [2.24, 2.45) is 0 Å². The third kappa shape index (κ3) is 2.62. The Kier molecular flexibility index (Phi) is 3.33. The molecule has 0 saturated carbocycles. The average Bonchev–Trinajstić information content (AvgIpc) is 2.34. The van der Waals surface area contributed by atoms with Crippen LogP contribution in [0.4, 0.5) is 11.4 Å². The van der Waals surface area contributed by atoms with E-state index in [0.717, 1.165) is 5.56 Å². The first kappa shape index (κ1) is 12.8. The van der Waals surface area contributed by atoms with Gasteiger partial charge >= 0.3 is 0 Å². The van der Waals surface area contributed by atoms with E-state index in [1.165, 1.54) is 16.7 Å². The maximum absolute atomic E-state index is 11.9. The molecule has 0 radical (unpaired) electrons. The van der Waals surface area contributed by atoms with Crippen molar-refractivity contribution < 1.29 is 4.92 Å². The van der Waals surface area contributed by atoms with Gasteiger partial charge in [-0.25, -0.2) is 0 Å². The van der Waals surface area contributed by atoms with Gasteiger partial charge < -0.3 is 10.3 Å². The Morgan fingerprint density at radius 1 is 1.37 bits per heavy atom. The van der Waals surface area contributed by atoms with Gasteiger partial charge in [-0.2, -0.15) is 0 Å². The fourth-order valence-electron chi connectivity index (χ4n) is 1.85. The van der Waals surface area contributed by atoms with Crippen LogP contribution in [0, 0.1) is 17.0 Å².